The SMILES string of the molecule is Cc1ccc2c(c1)-c1ncc([C@@]3(O)c4cc(C)ccc4O[C@H]3C(=O)c3ccc4c(c3)N(C)C(=O)CO4)cc1CO2. The Bertz CT molecular complexity index is 1750. The lowest BCUT2D eigenvalue weighted by Gasteiger charge is -2.31. The van der Waals surface area contributed by atoms with Crippen LogP contribution < -0.4 is 19.1 Å². The number of nitrogens with zero attached hydrogens (tertiary/aromatic N) is 2. The maximum atomic E-state index is 14.1. The molecule has 0 saturated heterocycles. The van der Waals surface area contributed by atoms with Crippen molar-refractivity contribution >= 4 is 17.4 Å². The number of carbonyl (C=O) groups is 2. The van der Waals surface area contributed by atoms with Crippen molar-refractivity contribution in [2.75, 3.05) is 18.6 Å². The van der Waals surface area contributed by atoms with Crippen molar-refractivity contribution in [3.8, 4) is 28.5 Å². The highest BCUT2D eigenvalue weighted by molar-refractivity contribution is 6.04. The van der Waals surface area contributed by atoms with Gasteiger partial charge in [0.2, 0.25) is 5.78 Å². The molecule has 3 aliphatic heterocycles. The summed E-state index contributed by atoms with van der Waals surface area (Å²) in [6.07, 6.45) is 0.330. The molecule has 40 heavy (non-hydrogen) atoms. The monoisotopic (exact) mass is 534 g/mol. The molecule has 0 fully saturated rings. The molecule has 2 atom stereocenters. The predicted molar refractivity (Wildman–Crippen MR) is 147 cm³/mol. The molecule has 8 heteroatoms. The number of Topliss-reactive ketones (excluding diaryl/α,β-unsaturated/α-hetero) is 1. The van der Waals surface area contributed by atoms with Gasteiger partial charge in [0.1, 0.15) is 23.9 Å². The van der Waals surface area contributed by atoms with E-state index in [1.54, 1.807) is 37.5 Å². The number of ether oxygens (including phenoxy) is 3. The average Bonchev–Trinajstić information content (AvgIpc) is 3.26. The van der Waals surface area contributed by atoms with Gasteiger partial charge in [-0.1, -0.05) is 23.3 Å². The van der Waals surface area contributed by atoms with E-state index in [-0.39, 0.29) is 24.7 Å². The minimum atomic E-state index is -1.82. The number of pyridine rings is 1. The summed E-state index contributed by atoms with van der Waals surface area (Å²) in [6.45, 7) is 4.16. The fourth-order valence-corrected chi connectivity index (χ4v) is 5.71. The van der Waals surface area contributed by atoms with Gasteiger partial charge in [-0.25, -0.2) is 0 Å². The first-order valence-corrected chi connectivity index (χ1v) is 13.0. The summed E-state index contributed by atoms with van der Waals surface area (Å²) in [5.74, 6) is 1.05. The second kappa shape index (κ2) is 8.66. The van der Waals surface area contributed by atoms with Crippen LogP contribution in [0.2, 0.25) is 0 Å². The summed E-state index contributed by atoms with van der Waals surface area (Å²) >= 11 is 0. The number of carbonyl (C=O) groups excluding carboxylic acids is 2. The highest BCUT2D eigenvalue weighted by atomic mass is 16.5. The van der Waals surface area contributed by atoms with E-state index < -0.39 is 17.5 Å². The number of aryl methyl sites for hydroxylation is 2. The number of benzene rings is 3. The summed E-state index contributed by atoms with van der Waals surface area (Å²) < 4.78 is 17.7. The van der Waals surface area contributed by atoms with E-state index >= 15 is 0 Å². The molecule has 0 spiro atoms. The zero-order valence-electron chi connectivity index (χ0n) is 22.2. The van der Waals surface area contributed by atoms with E-state index in [2.05, 4.69) is 0 Å². The maximum absolute atomic E-state index is 14.1. The Labute approximate surface area is 230 Å². The minimum Gasteiger partial charge on any atom is -0.488 e. The normalized spacial score (nSPS) is 20.4. The molecule has 200 valence electrons. The number of rotatable bonds is 3. The lowest BCUT2D eigenvalue weighted by atomic mass is 9.80. The highest BCUT2D eigenvalue weighted by Gasteiger charge is 2.53. The first-order chi connectivity index (χ1) is 19.2. The Kier molecular flexibility index (Phi) is 5.27. The van der Waals surface area contributed by atoms with E-state index in [0.717, 1.165) is 33.7 Å². The van der Waals surface area contributed by atoms with Crippen LogP contribution in [0.15, 0.2) is 66.9 Å². The molecule has 4 heterocycles. The van der Waals surface area contributed by atoms with E-state index in [1.165, 1.54) is 4.90 Å². The van der Waals surface area contributed by atoms with Gasteiger partial charge in [0.15, 0.2) is 18.3 Å². The number of likely N-dealkylation sites (N-methyl/N-ethyl adjacent to an activating group) is 1. The van der Waals surface area contributed by atoms with Crippen LogP contribution >= 0.6 is 0 Å². The van der Waals surface area contributed by atoms with E-state index in [9.17, 15) is 14.7 Å². The lowest BCUT2D eigenvalue weighted by molar-refractivity contribution is -0.121. The molecule has 0 saturated carbocycles. The quantitative estimate of drug-likeness (QED) is 0.387. The van der Waals surface area contributed by atoms with Crippen LogP contribution in [0.25, 0.3) is 11.3 Å². The van der Waals surface area contributed by atoms with Crippen LogP contribution in [0.3, 0.4) is 0 Å². The molecule has 1 aromatic heterocycles. The van der Waals surface area contributed by atoms with Crippen LogP contribution in [-0.2, 0) is 17.0 Å². The molecule has 3 aliphatic rings. The zero-order chi connectivity index (χ0) is 27.8. The number of anilines is 1. The molecule has 0 bridgehead atoms. The second-order valence-corrected chi connectivity index (χ2v) is 10.6. The molecule has 1 amide bonds. The van der Waals surface area contributed by atoms with Crippen molar-refractivity contribution in [2.45, 2.75) is 32.2 Å². The van der Waals surface area contributed by atoms with Crippen LogP contribution in [0.1, 0.15) is 38.2 Å². The Morgan fingerprint density at radius 1 is 0.950 bits per heavy atom. The fourth-order valence-electron chi connectivity index (χ4n) is 5.71. The van der Waals surface area contributed by atoms with Gasteiger partial charge in [-0.05, 0) is 62.4 Å². The predicted octanol–water partition coefficient (Wildman–Crippen LogP) is 4.49. The first-order valence-electron chi connectivity index (χ1n) is 13.0. The van der Waals surface area contributed by atoms with Crippen molar-refractivity contribution in [1.29, 1.82) is 0 Å². The second-order valence-electron chi connectivity index (χ2n) is 10.6. The van der Waals surface area contributed by atoms with Crippen molar-refractivity contribution < 1.29 is 28.9 Å². The van der Waals surface area contributed by atoms with Gasteiger partial charge >= 0.3 is 0 Å². The number of amides is 1. The molecule has 4 aromatic rings. The molecular weight excluding hydrogens is 508 g/mol. The number of aromatic nitrogens is 1. The molecule has 0 unspecified atom stereocenters. The van der Waals surface area contributed by atoms with Crippen LogP contribution in [-0.4, -0.2) is 41.5 Å². The third-order valence-corrected chi connectivity index (χ3v) is 7.92. The van der Waals surface area contributed by atoms with Gasteiger partial charge in [0, 0.05) is 41.1 Å². The summed E-state index contributed by atoms with van der Waals surface area (Å²) in [6, 6.07) is 18.2. The Balaban J connectivity index is 1.34. The smallest absolute Gasteiger partial charge is 0.264 e. The van der Waals surface area contributed by atoms with Gasteiger partial charge in [0.05, 0.1) is 11.4 Å². The van der Waals surface area contributed by atoms with Gasteiger partial charge in [-0.2, -0.15) is 0 Å². The number of fused-ring (bicyclic) bond motifs is 5. The lowest BCUT2D eigenvalue weighted by Crippen LogP contribution is -2.45. The summed E-state index contributed by atoms with van der Waals surface area (Å²) in [7, 11) is 1.64. The molecule has 8 nitrogen and oxygen atoms in total. The third kappa shape index (κ3) is 3.53. The summed E-state index contributed by atoms with van der Waals surface area (Å²) in [5, 5.41) is 12.5. The maximum Gasteiger partial charge on any atom is 0.264 e. The standard InChI is InChI=1S/C32H26N2O6/c1-17-4-7-25-22(10-17)29-20(15-38-25)12-21(14-33-29)32(37)23-11-18(2)5-8-26(23)40-31(32)30(36)19-6-9-27-24(13-19)34(3)28(35)16-39-27/h4-14,31,37H,15-16H2,1-3H3/t31-,32+/m0/s1. The Morgan fingerprint density at radius 3 is 2.50 bits per heavy atom. The van der Waals surface area contributed by atoms with E-state index in [1.807, 2.05) is 50.2 Å². The summed E-state index contributed by atoms with van der Waals surface area (Å²) in [4.78, 5) is 32.5. The third-order valence-electron chi connectivity index (χ3n) is 7.92. The highest BCUT2D eigenvalue weighted by Crippen LogP contribution is 2.48. The first kappa shape index (κ1) is 24.4. The summed E-state index contributed by atoms with van der Waals surface area (Å²) in [5.41, 5.74) is 4.36. The minimum absolute atomic E-state index is 0.0595. The Hall–Kier alpha value is -4.69. The van der Waals surface area contributed by atoms with Crippen molar-refractivity contribution in [3.05, 3.63) is 100 Å². The molecule has 0 radical (unpaired) electrons. The van der Waals surface area contributed by atoms with Crippen molar-refractivity contribution in [2.24, 2.45) is 0 Å². The van der Waals surface area contributed by atoms with Crippen LogP contribution in [0.5, 0.6) is 17.2 Å². The van der Waals surface area contributed by atoms with Gasteiger partial charge < -0.3 is 24.2 Å². The zero-order valence-corrected chi connectivity index (χ0v) is 22.2. The Morgan fingerprint density at radius 2 is 1.68 bits per heavy atom. The van der Waals surface area contributed by atoms with Gasteiger partial charge in [-0.3, -0.25) is 14.6 Å². The number of hydrogen-bond acceptors (Lipinski definition) is 7. The van der Waals surface area contributed by atoms with Crippen molar-refractivity contribution in [3.63, 3.8) is 0 Å². The molecular formula is C32H26N2O6. The van der Waals surface area contributed by atoms with Gasteiger partial charge in [-0.15, -0.1) is 0 Å². The molecule has 7 rings (SSSR count). The average molecular weight is 535 g/mol. The number of ketones is 1. The number of hydrogen-bond donors (Lipinski definition) is 1. The number of aliphatic hydroxyl groups is 1. The topological polar surface area (TPSA) is 98.2 Å². The van der Waals surface area contributed by atoms with Crippen LogP contribution in [0, 0.1) is 13.8 Å². The van der Waals surface area contributed by atoms with Crippen LogP contribution in [0.4, 0.5) is 5.69 Å². The largest absolute Gasteiger partial charge is 0.488 e. The molecule has 0 aliphatic carbocycles. The van der Waals surface area contributed by atoms with E-state index in [4.69, 9.17) is 19.2 Å². The van der Waals surface area contributed by atoms with Gasteiger partial charge in [0.25, 0.3) is 5.91 Å². The van der Waals surface area contributed by atoms with E-state index in [0.29, 0.717) is 28.3 Å². The van der Waals surface area contributed by atoms with Crippen molar-refractivity contribution in [1.82, 2.24) is 4.98 Å². The molecule has 1 N–H and O–H groups in total. The molecule has 3 aromatic carbocycles. The fraction of sp³-hybridized carbons (Fsp3) is 0.219.